The van der Waals surface area contributed by atoms with Crippen molar-refractivity contribution in [1.29, 1.82) is 0 Å². The molecule has 2 heterocycles. The van der Waals surface area contributed by atoms with Crippen LogP contribution in [0.1, 0.15) is 29.8 Å². The first kappa shape index (κ1) is 26.8. The third-order valence-electron chi connectivity index (χ3n) is 5.86. The number of pyridine rings is 1. The fourth-order valence-corrected chi connectivity index (χ4v) is 4.00. The van der Waals surface area contributed by atoms with E-state index in [0.29, 0.717) is 11.1 Å². The zero-order valence-corrected chi connectivity index (χ0v) is 21.0. The number of aliphatic hydroxyl groups excluding tert-OH is 2. The highest BCUT2D eigenvalue weighted by Gasteiger charge is 2.22. The number of halogens is 2. The lowest BCUT2D eigenvalue weighted by molar-refractivity contribution is 0.0943. The molecule has 1 amide bonds. The number of carbonyl (C=O) groups is 1. The molecule has 0 radical (unpaired) electrons. The fourth-order valence-electron chi connectivity index (χ4n) is 4.00. The van der Waals surface area contributed by atoms with Gasteiger partial charge in [-0.2, -0.15) is 4.98 Å². The minimum absolute atomic E-state index is 0.0954. The molecule has 0 aliphatic carbocycles. The van der Waals surface area contributed by atoms with Gasteiger partial charge in [0.1, 0.15) is 17.3 Å². The Hall–Kier alpha value is -4.22. The number of nitrogens with one attached hydrogen (secondary N) is 2. The van der Waals surface area contributed by atoms with E-state index >= 15 is 0 Å². The van der Waals surface area contributed by atoms with Gasteiger partial charge in [-0.05, 0) is 56.7 Å². The largest absolute Gasteiger partial charge is 0.394 e. The minimum atomic E-state index is -0.971. The third kappa shape index (κ3) is 5.24. The van der Waals surface area contributed by atoms with Gasteiger partial charge in [0.25, 0.3) is 11.5 Å². The summed E-state index contributed by atoms with van der Waals surface area (Å²) < 4.78 is 30.5. The molecule has 0 aliphatic heterocycles. The Morgan fingerprint density at radius 1 is 1.03 bits per heavy atom. The maximum Gasteiger partial charge on any atom is 0.256 e. The number of aliphatic hydroxyl groups is 2. The molecule has 0 bridgehead atoms. The number of rotatable bonds is 8. The Morgan fingerprint density at radius 3 is 2.34 bits per heavy atom. The molecule has 4 aromatic rings. The molecule has 11 heteroatoms. The summed E-state index contributed by atoms with van der Waals surface area (Å²) in [6.07, 6.45) is 0. The highest BCUT2D eigenvalue weighted by Crippen LogP contribution is 2.31. The number of nitrogens with zero attached hydrogens (tertiary/aromatic N) is 3. The first-order valence-electron chi connectivity index (χ1n) is 11.9. The van der Waals surface area contributed by atoms with Gasteiger partial charge >= 0.3 is 0 Å². The van der Waals surface area contributed by atoms with E-state index in [4.69, 9.17) is 0 Å². The number of hydrogen-bond acceptors (Lipinski definition) is 7. The van der Waals surface area contributed by atoms with Gasteiger partial charge in [0.15, 0.2) is 5.65 Å². The van der Waals surface area contributed by atoms with Crippen LogP contribution in [-0.4, -0.2) is 56.0 Å². The summed E-state index contributed by atoms with van der Waals surface area (Å²) in [7, 11) is 0. The summed E-state index contributed by atoms with van der Waals surface area (Å²) in [6.45, 7) is 4.56. The monoisotopic (exact) mass is 523 g/mol. The van der Waals surface area contributed by atoms with Gasteiger partial charge in [0.2, 0.25) is 5.95 Å². The van der Waals surface area contributed by atoms with Gasteiger partial charge in [0.05, 0.1) is 24.9 Å². The minimum Gasteiger partial charge on any atom is -0.394 e. The van der Waals surface area contributed by atoms with Crippen molar-refractivity contribution < 1.29 is 23.8 Å². The second-order valence-corrected chi connectivity index (χ2v) is 9.07. The number of hydrogen-bond donors (Lipinski definition) is 4. The fraction of sp³-hybridized carbons (Fsp3) is 0.259. The molecule has 9 nitrogen and oxygen atoms in total. The Morgan fingerprint density at radius 2 is 1.71 bits per heavy atom. The summed E-state index contributed by atoms with van der Waals surface area (Å²) in [5.41, 5.74) is 0.418. The van der Waals surface area contributed by atoms with Crippen molar-refractivity contribution in [2.45, 2.75) is 32.9 Å². The molecule has 4 rings (SSSR count). The second kappa shape index (κ2) is 11.0. The lowest BCUT2D eigenvalue weighted by atomic mass is 9.99. The van der Waals surface area contributed by atoms with Crippen LogP contribution in [0.3, 0.4) is 0 Å². The van der Waals surface area contributed by atoms with Crippen molar-refractivity contribution in [2.75, 3.05) is 18.5 Å². The maximum atomic E-state index is 14.8. The predicted octanol–water partition coefficient (Wildman–Crippen LogP) is 2.94. The van der Waals surface area contributed by atoms with Gasteiger partial charge in [-0.25, -0.2) is 13.8 Å². The van der Waals surface area contributed by atoms with Crippen LogP contribution in [0.25, 0.3) is 28.0 Å². The van der Waals surface area contributed by atoms with Crippen LogP contribution in [0, 0.1) is 18.6 Å². The van der Waals surface area contributed by atoms with Gasteiger partial charge in [-0.3, -0.25) is 14.2 Å². The summed E-state index contributed by atoms with van der Waals surface area (Å²) in [5, 5.41) is 25.0. The molecule has 198 valence electrons. The van der Waals surface area contributed by atoms with E-state index in [9.17, 15) is 28.6 Å². The summed E-state index contributed by atoms with van der Waals surface area (Å²) in [5.74, 6) is -2.35. The molecule has 0 saturated carbocycles. The number of carbonyl (C=O) groups excluding carboxylic acids is 1. The number of amides is 1. The van der Waals surface area contributed by atoms with E-state index in [1.165, 1.54) is 12.1 Å². The van der Waals surface area contributed by atoms with Crippen LogP contribution < -0.4 is 16.2 Å². The Bertz CT molecular complexity index is 1550. The zero-order chi connectivity index (χ0) is 27.6. The van der Waals surface area contributed by atoms with Crippen molar-refractivity contribution in [3.63, 3.8) is 0 Å². The second-order valence-electron chi connectivity index (χ2n) is 9.07. The topological polar surface area (TPSA) is 129 Å². The molecule has 2 aromatic heterocycles. The standard InChI is InChI=1S/C27H27F2N5O4/c1-14(2)30-26(38)16-8-7-15(3)19(11-16)23-18-9-10-22(37)34(24-20(28)5-4-6-21(24)29)25(18)33-27(32-23)31-17(12-35)13-36/h4-11,14,17,35-36H,12-13H2,1-3H3,(H,30,38)(H,31,32,33). The van der Waals surface area contributed by atoms with Crippen molar-refractivity contribution in [2.24, 2.45) is 0 Å². The summed E-state index contributed by atoms with van der Waals surface area (Å²) >= 11 is 0. The van der Waals surface area contributed by atoms with Crippen molar-refractivity contribution in [1.82, 2.24) is 19.9 Å². The van der Waals surface area contributed by atoms with Gasteiger partial charge in [0, 0.05) is 28.6 Å². The van der Waals surface area contributed by atoms with E-state index in [-0.39, 0.29) is 34.6 Å². The molecular formula is C27H27F2N5O4. The molecule has 38 heavy (non-hydrogen) atoms. The molecule has 0 saturated heterocycles. The smallest absolute Gasteiger partial charge is 0.256 e. The molecule has 0 unspecified atom stereocenters. The normalized spacial score (nSPS) is 11.4. The average Bonchev–Trinajstić information content (AvgIpc) is 2.87. The number of benzene rings is 2. The Labute approximate surface area is 216 Å². The number of fused-ring (bicyclic) bond motifs is 1. The molecule has 4 N–H and O–H groups in total. The average molecular weight is 524 g/mol. The van der Waals surface area contributed by atoms with E-state index in [0.717, 1.165) is 28.3 Å². The lowest BCUT2D eigenvalue weighted by Gasteiger charge is -2.18. The predicted molar refractivity (Wildman–Crippen MR) is 139 cm³/mol. The maximum absolute atomic E-state index is 14.8. The zero-order valence-electron chi connectivity index (χ0n) is 21.0. The molecule has 2 aromatic carbocycles. The van der Waals surface area contributed by atoms with Crippen molar-refractivity contribution >= 4 is 22.9 Å². The Balaban J connectivity index is 2.06. The van der Waals surface area contributed by atoms with Crippen LogP contribution in [-0.2, 0) is 0 Å². The van der Waals surface area contributed by atoms with Crippen molar-refractivity contribution in [3.05, 3.63) is 81.6 Å². The van der Waals surface area contributed by atoms with Crippen LogP contribution in [0.4, 0.5) is 14.7 Å². The highest BCUT2D eigenvalue weighted by atomic mass is 19.1. The third-order valence-corrected chi connectivity index (χ3v) is 5.86. The van der Waals surface area contributed by atoms with E-state index in [1.807, 2.05) is 13.8 Å². The Kier molecular flexibility index (Phi) is 7.79. The molecular weight excluding hydrogens is 496 g/mol. The first-order valence-corrected chi connectivity index (χ1v) is 11.9. The van der Waals surface area contributed by atoms with Crippen LogP contribution in [0.15, 0.2) is 53.3 Å². The number of aromatic nitrogens is 3. The summed E-state index contributed by atoms with van der Waals surface area (Å²) in [4.78, 5) is 34.6. The molecule has 0 fully saturated rings. The molecule has 0 aliphatic rings. The van der Waals surface area contributed by atoms with Gasteiger partial charge in [-0.15, -0.1) is 0 Å². The molecule has 0 spiro atoms. The number of anilines is 1. The van der Waals surface area contributed by atoms with Crippen LogP contribution in [0.2, 0.25) is 0 Å². The van der Waals surface area contributed by atoms with Gasteiger partial charge in [-0.1, -0.05) is 12.1 Å². The van der Waals surface area contributed by atoms with Gasteiger partial charge < -0.3 is 20.8 Å². The van der Waals surface area contributed by atoms with E-state index in [1.54, 1.807) is 25.1 Å². The number of aryl methyl sites for hydroxylation is 1. The van der Waals surface area contributed by atoms with Crippen molar-refractivity contribution in [3.8, 4) is 16.9 Å². The molecule has 0 atom stereocenters. The lowest BCUT2D eigenvalue weighted by Crippen LogP contribution is -2.30. The van der Waals surface area contributed by atoms with E-state index in [2.05, 4.69) is 20.6 Å². The quantitative estimate of drug-likeness (QED) is 0.280. The van der Waals surface area contributed by atoms with Crippen LogP contribution >= 0.6 is 0 Å². The highest BCUT2D eigenvalue weighted by molar-refractivity contribution is 5.98. The van der Waals surface area contributed by atoms with E-state index < -0.39 is 42.1 Å². The first-order chi connectivity index (χ1) is 18.1. The summed E-state index contributed by atoms with van der Waals surface area (Å²) in [6, 6.07) is 9.93. The van der Waals surface area contributed by atoms with Crippen LogP contribution in [0.5, 0.6) is 0 Å². The number of para-hydroxylation sites is 1. The SMILES string of the molecule is Cc1ccc(C(=O)NC(C)C)cc1-c1nc(NC(CO)CO)nc2c1ccc(=O)n2-c1c(F)cccc1F.